The lowest BCUT2D eigenvalue weighted by atomic mass is 9.97. The number of aromatic nitrogens is 4. The van der Waals surface area contributed by atoms with Gasteiger partial charge in [-0.15, -0.1) is 0 Å². The molecule has 1 saturated heterocycles. The van der Waals surface area contributed by atoms with Crippen molar-refractivity contribution in [2.45, 2.75) is 32.1 Å². The zero-order valence-electron chi connectivity index (χ0n) is 25.4. The minimum atomic E-state index is -0.616. The highest BCUT2D eigenvalue weighted by molar-refractivity contribution is 6.39. The van der Waals surface area contributed by atoms with Gasteiger partial charge in [-0.1, -0.05) is 59.6 Å². The quantitative estimate of drug-likeness (QED) is 0.203. The first kappa shape index (κ1) is 32.0. The molecule has 1 aliphatic heterocycles. The predicted molar refractivity (Wildman–Crippen MR) is 176 cm³/mol. The number of alkyl carbamates (subject to hydrolysis) is 1. The molecule has 14 heteroatoms. The fraction of sp³-hybridized carbons (Fsp3) is 0.242. The zero-order chi connectivity index (χ0) is 33.2. The normalized spacial score (nSPS) is 14.3. The van der Waals surface area contributed by atoms with Crippen LogP contribution in [-0.4, -0.2) is 56.0 Å². The van der Waals surface area contributed by atoms with E-state index in [1.54, 1.807) is 31.4 Å². The minimum absolute atomic E-state index is 0.0280. The molecule has 0 saturated carbocycles. The Morgan fingerprint density at radius 1 is 1.06 bits per heavy atom. The summed E-state index contributed by atoms with van der Waals surface area (Å²) in [4.78, 5) is 41.1. The molecular formula is C33H30Cl2N6O6. The molecule has 0 bridgehead atoms. The third kappa shape index (κ3) is 6.39. The van der Waals surface area contributed by atoms with Gasteiger partial charge in [-0.05, 0) is 24.6 Å². The fourth-order valence-corrected chi connectivity index (χ4v) is 6.16. The number of nitrogens with one attached hydrogen (secondary N) is 2. The standard InChI is InChI=1S/C33H30Cl2N6O6/c1-40-27(16-42)39-41-15-19(13-26(41)32(40)44)21-5-3-6-22(29(21)34)23-7-4-8-24(30(23)35)25-11-9-18(31(38-25)46-2)17-47-33(45)36-14-20-10-12-28(43)37-20/h3-9,11,13,15,20,42H,10,12,14,16-17H2,1-2H3,(H,36,45)(H,37,43)/t20-/m0/s1. The average molecular weight is 678 g/mol. The van der Waals surface area contributed by atoms with E-state index >= 15 is 0 Å². The highest BCUT2D eigenvalue weighted by Gasteiger charge is 2.22. The van der Waals surface area contributed by atoms with Crippen LogP contribution in [0, 0.1) is 0 Å². The lowest BCUT2D eigenvalue weighted by Gasteiger charge is -2.15. The van der Waals surface area contributed by atoms with E-state index in [2.05, 4.69) is 20.7 Å². The number of rotatable bonds is 9. The van der Waals surface area contributed by atoms with E-state index in [0.717, 1.165) is 0 Å². The Labute approximate surface area is 278 Å². The second-order valence-corrected chi connectivity index (χ2v) is 11.7. The number of nitrogens with zero attached hydrogens (tertiary/aromatic N) is 4. The van der Waals surface area contributed by atoms with Crippen LogP contribution in [0.1, 0.15) is 24.2 Å². The molecule has 47 heavy (non-hydrogen) atoms. The number of hydrogen-bond donors (Lipinski definition) is 3. The van der Waals surface area contributed by atoms with Crippen LogP contribution in [0.5, 0.6) is 5.88 Å². The molecule has 1 fully saturated rings. The molecule has 0 spiro atoms. The summed E-state index contributed by atoms with van der Waals surface area (Å²) in [5.74, 6) is 0.473. The van der Waals surface area contributed by atoms with Crippen LogP contribution in [0.25, 0.3) is 39.0 Å². The number of carbonyl (C=O) groups is 2. The molecule has 2 aromatic carbocycles. The van der Waals surface area contributed by atoms with Crippen LogP contribution in [0.15, 0.2) is 65.6 Å². The van der Waals surface area contributed by atoms with E-state index in [9.17, 15) is 19.5 Å². The van der Waals surface area contributed by atoms with Gasteiger partial charge >= 0.3 is 6.09 Å². The van der Waals surface area contributed by atoms with Crippen molar-refractivity contribution in [1.29, 1.82) is 0 Å². The molecule has 1 atom stereocenters. The molecule has 4 heterocycles. The highest BCUT2D eigenvalue weighted by atomic mass is 35.5. The van der Waals surface area contributed by atoms with Gasteiger partial charge in [-0.2, -0.15) is 5.10 Å². The summed E-state index contributed by atoms with van der Waals surface area (Å²) < 4.78 is 13.6. The van der Waals surface area contributed by atoms with E-state index < -0.39 is 6.09 Å². The first-order valence-electron chi connectivity index (χ1n) is 14.7. The number of pyridine rings is 1. The van der Waals surface area contributed by atoms with Crippen LogP contribution in [0.3, 0.4) is 0 Å². The summed E-state index contributed by atoms with van der Waals surface area (Å²) in [6, 6.07) is 16.2. The topological polar surface area (TPSA) is 149 Å². The summed E-state index contributed by atoms with van der Waals surface area (Å²) in [6.07, 6.45) is 2.19. The average Bonchev–Trinajstić information content (AvgIpc) is 3.70. The number of benzene rings is 2. The van der Waals surface area contributed by atoms with E-state index in [-0.39, 0.29) is 49.0 Å². The smallest absolute Gasteiger partial charge is 0.407 e. The Kier molecular flexibility index (Phi) is 9.17. The molecule has 5 aromatic rings. The van der Waals surface area contributed by atoms with Crippen molar-refractivity contribution in [2.75, 3.05) is 13.7 Å². The molecule has 12 nitrogen and oxygen atoms in total. The maximum atomic E-state index is 12.8. The maximum Gasteiger partial charge on any atom is 0.407 e. The van der Waals surface area contributed by atoms with Gasteiger partial charge in [-0.25, -0.2) is 14.3 Å². The van der Waals surface area contributed by atoms with Crippen LogP contribution < -0.4 is 20.9 Å². The molecule has 0 unspecified atom stereocenters. The Balaban J connectivity index is 1.25. The summed E-state index contributed by atoms with van der Waals surface area (Å²) in [7, 11) is 3.03. The van der Waals surface area contributed by atoms with Crippen LogP contribution in [-0.2, 0) is 29.8 Å². The summed E-state index contributed by atoms with van der Waals surface area (Å²) in [6.45, 7) is -0.170. The molecule has 1 aliphatic rings. The Morgan fingerprint density at radius 3 is 2.45 bits per heavy atom. The van der Waals surface area contributed by atoms with E-state index in [1.807, 2.05) is 36.4 Å². The number of methoxy groups -OCH3 is 1. The van der Waals surface area contributed by atoms with Gasteiger partial charge in [0.2, 0.25) is 11.8 Å². The first-order valence-corrected chi connectivity index (χ1v) is 15.4. The van der Waals surface area contributed by atoms with Crippen LogP contribution >= 0.6 is 23.2 Å². The first-order chi connectivity index (χ1) is 22.7. The summed E-state index contributed by atoms with van der Waals surface area (Å²) in [5, 5.41) is 20.2. The van der Waals surface area contributed by atoms with Crippen molar-refractivity contribution in [2.24, 2.45) is 7.05 Å². The number of amides is 2. The van der Waals surface area contributed by atoms with Crippen LogP contribution in [0.4, 0.5) is 4.79 Å². The van der Waals surface area contributed by atoms with E-state index in [4.69, 9.17) is 32.7 Å². The van der Waals surface area contributed by atoms with Crippen molar-refractivity contribution in [3.8, 4) is 39.4 Å². The van der Waals surface area contributed by atoms with Crippen molar-refractivity contribution in [3.05, 3.63) is 92.6 Å². The molecule has 0 aliphatic carbocycles. The van der Waals surface area contributed by atoms with Gasteiger partial charge in [0.1, 0.15) is 18.7 Å². The molecule has 0 radical (unpaired) electrons. The SMILES string of the molecule is COc1nc(-c2cccc(-c3cccc(-c4cc5c(=O)n(C)c(CO)nn5c4)c3Cl)c2Cl)ccc1COC(=O)NC[C@@H]1CCC(=O)N1. The third-order valence-electron chi connectivity index (χ3n) is 8.02. The highest BCUT2D eigenvalue weighted by Crippen LogP contribution is 2.42. The Bertz CT molecular complexity index is 2080. The number of halogens is 2. The minimum Gasteiger partial charge on any atom is -0.481 e. The second-order valence-electron chi connectivity index (χ2n) is 11.0. The monoisotopic (exact) mass is 676 g/mol. The maximum absolute atomic E-state index is 12.8. The third-order valence-corrected chi connectivity index (χ3v) is 8.83. The number of carbonyl (C=O) groups excluding carboxylic acids is 2. The Morgan fingerprint density at radius 2 is 1.77 bits per heavy atom. The number of fused-ring (bicyclic) bond motifs is 1. The Hall–Kier alpha value is -4.91. The number of aliphatic hydroxyl groups excluding tert-OH is 1. The molecule has 3 N–H and O–H groups in total. The fourth-order valence-electron chi connectivity index (χ4n) is 5.50. The van der Waals surface area contributed by atoms with Gasteiger partial charge in [0.25, 0.3) is 5.56 Å². The molecule has 6 rings (SSSR count). The molecule has 3 aromatic heterocycles. The zero-order valence-corrected chi connectivity index (χ0v) is 26.9. The molecular weight excluding hydrogens is 647 g/mol. The van der Waals surface area contributed by atoms with E-state index in [1.165, 1.54) is 16.2 Å². The van der Waals surface area contributed by atoms with Gasteiger partial charge in [0.05, 0.1) is 28.4 Å². The van der Waals surface area contributed by atoms with E-state index in [0.29, 0.717) is 67.5 Å². The predicted octanol–water partition coefficient (Wildman–Crippen LogP) is 4.74. The van der Waals surface area contributed by atoms with Gasteiger partial charge in [-0.3, -0.25) is 14.2 Å². The largest absolute Gasteiger partial charge is 0.481 e. The number of ether oxygens (including phenoxy) is 2. The van der Waals surface area contributed by atoms with Gasteiger partial charge in [0.15, 0.2) is 5.82 Å². The number of hydrogen-bond acceptors (Lipinski definition) is 8. The summed E-state index contributed by atoms with van der Waals surface area (Å²) >= 11 is 14.0. The lowest BCUT2D eigenvalue weighted by molar-refractivity contribution is -0.119. The van der Waals surface area contributed by atoms with Crippen molar-refractivity contribution in [1.82, 2.24) is 29.8 Å². The van der Waals surface area contributed by atoms with Gasteiger partial charge in [0, 0.05) is 60.1 Å². The number of aliphatic hydroxyl groups is 1. The summed E-state index contributed by atoms with van der Waals surface area (Å²) in [5.41, 5.74) is 4.45. The molecule has 2 amide bonds. The van der Waals surface area contributed by atoms with Gasteiger partial charge < -0.3 is 25.2 Å². The van der Waals surface area contributed by atoms with Crippen molar-refractivity contribution >= 4 is 40.7 Å². The second kappa shape index (κ2) is 13.4. The molecule has 242 valence electrons. The van der Waals surface area contributed by atoms with Crippen molar-refractivity contribution < 1.29 is 24.2 Å². The lowest BCUT2D eigenvalue weighted by Crippen LogP contribution is -2.38. The van der Waals surface area contributed by atoms with Crippen LogP contribution in [0.2, 0.25) is 10.0 Å². The van der Waals surface area contributed by atoms with Crippen molar-refractivity contribution in [3.63, 3.8) is 0 Å².